The molecule has 2 amide bonds. The molecule has 1 aliphatic rings. The maximum atomic E-state index is 12.3. The summed E-state index contributed by atoms with van der Waals surface area (Å²) in [5.74, 6) is 0.645. The topological polar surface area (TPSA) is 67.4 Å². The molecule has 2 aromatic carbocycles. The Morgan fingerprint density at radius 3 is 2.42 bits per heavy atom. The number of amides is 2. The lowest BCUT2D eigenvalue weighted by Gasteiger charge is -2.12. The second-order valence-electron chi connectivity index (χ2n) is 6.31. The standard InChI is InChI=1S/C21H22N2O3/c1-14-17(7-5-8-18(14)23-21(25)16-10-11-16)22-20(24)13-12-15-6-3-4-9-19(15)26-2/h3-9,12-13,16H,10-11H2,1-2H3,(H,22,24)(H,23,25)/b13-12+. The van der Waals surface area contributed by atoms with Crippen LogP contribution in [0.1, 0.15) is 24.0 Å². The number of para-hydroxylation sites is 1. The van der Waals surface area contributed by atoms with E-state index in [0.717, 1.165) is 29.7 Å². The van der Waals surface area contributed by atoms with Crippen molar-refractivity contribution in [3.63, 3.8) is 0 Å². The average molecular weight is 350 g/mol. The Balaban J connectivity index is 1.69. The molecule has 2 aromatic rings. The van der Waals surface area contributed by atoms with E-state index >= 15 is 0 Å². The Labute approximate surface area is 153 Å². The third-order valence-electron chi connectivity index (χ3n) is 4.35. The van der Waals surface area contributed by atoms with Crippen LogP contribution in [0.15, 0.2) is 48.5 Å². The average Bonchev–Trinajstić information content (AvgIpc) is 3.49. The van der Waals surface area contributed by atoms with Crippen LogP contribution < -0.4 is 15.4 Å². The summed E-state index contributed by atoms with van der Waals surface area (Å²) in [4.78, 5) is 24.2. The third kappa shape index (κ3) is 4.30. The molecule has 0 saturated heterocycles. The normalized spacial score (nSPS) is 13.5. The fourth-order valence-corrected chi connectivity index (χ4v) is 2.63. The number of carbonyl (C=O) groups excluding carboxylic acids is 2. The minimum absolute atomic E-state index is 0.0487. The molecule has 26 heavy (non-hydrogen) atoms. The van der Waals surface area contributed by atoms with Gasteiger partial charge in [0, 0.05) is 28.9 Å². The van der Waals surface area contributed by atoms with Crippen LogP contribution >= 0.6 is 0 Å². The van der Waals surface area contributed by atoms with E-state index in [9.17, 15) is 9.59 Å². The Hall–Kier alpha value is -3.08. The van der Waals surface area contributed by atoms with Crippen molar-refractivity contribution in [2.75, 3.05) is 17.7 Å². The molecule has 0 heterocycles. The number of nitrogens with one attached hydrogen (secondary N) is 2. The summed E-state index contributed by atoms with van der Waals surface area (Å²) < 4.78 is 5.27. The molecular weight excluding hydrogens is 328 g/mol. The van der Waals surface area contributed by atoms with Gasteiger partial charge in [0.05, 0.1) is 7.11 Å². The fourth-order valence-electron chi connectivity index (χ4n) is 2.63. The molecule has 5 nitrogen and oxygen atoms in total. The Morgan fingerprint density at radius 1 is 1.04 bits per heavy atom. The molecule has 0 aliphatic heterocycles. The zero-order valence-corrected chi connectivity index (χ0v) is 14.9. The number of ether oxygens (including phenoxy) is 1. The van der Waals surface area contributed by atoms with E-state index in [4.69, 9.17) is 4.74 Å². The van der Waals surface area contributed by atoms with Crippen LogP contribution in [0.5, 0.6) is 5.75 Å². The molecule has 0 atom stereocenters. The highest BCUT2D eigenvalue weighted by atomic mass is 16.5. The smallest absolute Gasteiger partial charge is 0.248 e. The van der Waals surface area contributed by atoms with Gasteiger partial charge in [-0.1, -0.05) is 24.3 Å². The SMILES string of the molecule is COc1ccccc1/C=C/C(=O)Nc1cccc(NC(=O)C2CC2)c1C. The lowest BCUT2D eigenvalue weighted by Crippen LogP contribution is -2.15. The number of hydrogen-bond donors (Lipinski definition) is 2. The van der Waals surface area contributed by atoms with Gasteiger partial charge in [-0.05, 0) is 49.6 Å². The number of anilines is 2. The first-order valence-electron chi connectivity index (χ1n) is 8.61. The molecule has 134 valence electrons. The molecule has 1 fully saturated rings. The van der Waals surface area contributed by atoms with E-state index in [1.54, 1.807) is 13.2 Å². The van der Waals surface area contributed by atoms with Crippen LogP contribution in [0, 0.1) is 12.8 Å². The molecular formula is C21H22N2O3. The maximum Gasteiger partial charge on any atom is 0.248 e. The summed E-state index contributed by atoms with van der Waals surface area (Å²) in [6, 6.07) is 13.0. The first-order chi connectivity index (χ1) is 12.6. The first-order valence-corrected chi connectivity index (χ1v) is 8.61. The van der Waals surface area contributed by atoms with Gasteiger partial charge < -0.3 is 15.4 Å². The van der Waals surface area contributed by atoms with E-state index in [1.807, 2.05) is 49.4 Å². The van der Waals surface area contributed by atoms with Gasteiger partial charge >= 0.3 is 0 Å². The largest absolute Gasteiger partial charge is 0.496 e. The van der Waals surface area contributed by atoms with Gasteiger partial charge in [-0.2, -0.15) is 0 Å². The summed E-state index contributed by atoms with van der Waals surface area (Å²) in [5.41, 5.74) is 3.06. The quantitative estimate of drug-likeness (QED) is 0.774. The predicted molar refractivity (Wildman–Crippen MR) is 103 cm³/mol. The summed E-state index contributed by atoms with van der Waals surface area (Å²) in [6.45, 7) is 1.88. The highest BCUT2D eigenvalue weighted by molar-refractivity contribution is 6.03. The van der Waals surface area contributed by atoms with Crippen molar-refractivity contribution < 1.29 is 14.3 Å². The maximum absolute atomic E-state index is 12.3. The lowest BCUT2D eigenvalue weighted by molar-refractivity contribution is -0.117. The van der Waals surface area contributed by atoms with Crippen LogP contribution in [0.4, 0.5) is 11.4 Å². The van der Waals surface area contributed by atoms with Crippen molar-refractivity contribution >= 4 is 29.3 Å². The third-order valence-corrected chi connectivity index (χ3v) is 4.35. The molecule has 0 unspecified atom stereocenters. The van der Waals surface area contributed by atoms with Crippen molar-refractivity contribution in [1.82, 2.24) is 0 Å². The number of benzene rings is 2. The second-order valence-corrected chi connectivity index (χ2v) is 6.31. The number of hydrogen-bond acceptors (Lipinski definition) is 3. The summed E-state index contributed by atoms with van der Waals surface area (Å²) in [5, 5.41) is 5.79. The van der Waals surface area contributed by atoms with E-state index in [2.05, 4.69) is 10.6 Å². The van der Waals surface area contributed by atoms with Gasteiger partial charge in [0.15, 0.2) is 0 Å². The number of rotatable bonds is 6. The Morgan fingerprint density at radius 2 is 1.73 bits per heavy atom. The van der Waals surface area contributed by atoms with E-state index in [-0.39, 0.29) is 17.7 Å². The highest BCUT2D eigenvalue weighted by Gasteiger charge is 2.29. The van der Waals surface area contributed by atoms with E-state index < -0.39 is 0 Å². The van der Waals surface area contributed by atoms with Crippen LogP contribution in [0.3, 0.4) is 0 Å². The molecule has 3 rings (SSSR count). The molecule has 5 heteroatoms. The van der Waals surface area contributed by atoms with Gasteiger partial charge in [0.2, 0.25) is 11.8 Å². The minimum Gasteiger partial charge on any atom is -0.496 e. The Kier molecular flexibility index (Phi) is 5.37. The van der Waals surface area contributed by atoms with Crippen molar-refractivity contribution in [2.45, 2.75) is 19.8 Å². The molecule has 0 aromatic heterocycles. The number of methoxy groups -OCH3 is 1. The molecule has 1 saturated carbocycles. The highest BCUT2D eigenvalue weighted by Crippen LogP contribution is 2.31. The van der Waals surface area contributed by atoms with E-state index in [1.165, 1.54) is 6.08 Å². The first kappa shape index (κ1) is 17.7. The summed E-state index contributed by atoms with van der Waals surface area (Å²) >= 11 is 0. The van der Waals surface area contributed by atoms with Crippen molar-refractivity contribution in [2.24, 2.45) is 5.92 Å². The van der Waals surface area contributed by atoms with Crippen molar-refractivity contribution in [1.29, 1.82) is 0 Å². The van der Waals surface area contributed by atoms with E-state index in [0.29, 0.717) is 11.4 Å². The molecule has 1 aliphatic carbocycles. The minimum atomic E-state index is -0.246. The molecule has 2 N–H and O–H groups in total. The number of carbonyl (C=O) groups is 2. The van der Waals surface area contributed by atoms with Crippen LogP contribution in [0.25, 0.3) is 6.08 Å². The van der Waals surface area contributed by atoms with Crippen LogP contribution in [-0.4, -0.2) is 18.9 Å². The zero-order chi connectivity index (χ0) is 18.5. The van der Waals surface area contributed by atoms with Gasteiger partial charge in [-0.15, -0.1) is 0 Å². The van der Waals surface area contributed by atoms with Crippen molar-refractivity contribution in [3.05, 3.63) is 59.7 Å². The molecule has 0 bridgehead atoms. The fraction of sp³-hybridized carbons (Fsp3) is 0.238. The van der Waals surface area contributed by atoms with Gasteiger partial charge in [0.25, 0.3) is 0 Å². The Bertz CT molecular complexity index is 854. The predicted octanol–water partition coefficient (Wildman–Crippen LogP) is 4.00. The lowest BCUT2D eigenvalue weighted by atomic mass is 10.1. The van der Waals surface area contributed by atoms with Gasteiger partial charge in [0.1, 0.15) is 5.75 Å². The summed E-state index contributed by atoms with van der Waals surface area (Å²) in [6.07, 6.45) is 5.08. The van der Waals surface area contributed by atoms with Gasteiger partial charge in [-0.25, -0.2) is 0 Å². The van der Waals surface area contributed by atoms with Crippen LogP contribution in [-0.2, 0) is 9.59 Å². The second kappa shape index (κ2) is 7.87. The van der Waals surface area contributed by atoms with Crippen molar-refractivity contribution in [3.8, 4) is 5.75 Å². The molecule has 0 spiro atoms. The molecule has 0 radical (unpaired) electrons. The monoisotopic (exact) mass is 350 g/mol. The van der Waals surface area contributed by atoms with Gasteiger partial charge in [-0.3, -0.25) is 9.59 Å². The summed E-state index contributed by atoms with van der Waals surface area (Å²) in [7, 11) is 1.59. The zero-order valence-electron chi connectivity index (χ0n) is 14.9. The van der Waals surface area contributed by atoms with Crippen LogP contribution in [0.2, 0.25) is 0 Å².